The fraction of sp³-hybridized carbons (Fsp3) is 0.800. The van der Waals surface area contributed by atoms with Crippen molar-refractivity contribution < 1.29 is 4.79 Å². The summed E-state index contributed by atoms with van der Waals surface area (Å²) in [7, 11) is 0. The van der Waals surface area contributed by atoms with Gasteiger partial charge in [0.25, 0.3) is 0 Å². The zero-order valence-electron chi connectivity index (χ0n) is 10.6. The lowest BCUT2D eigenvalue weighted by Gasteiger charge is -2.60. The Balaban J connectivity index is 1.83. The van der Waals surface area contributed by atoms with Gasteiger partial charge in [0.2, 0.25) is 5.91 Å². The Bertz CT molecular complexity index is 378. The molecule has 0 spiro atoms. The van der Waals surface area contributed by atoms with Crippen LogP contribution in [-0.4, -0.2) is 12.5 Å². The minimum absolute atomic E-state index is 0.0737. The minimum Gasteiger partial charge on any atom is -0.345 e. The number of nitrogens with one attached hydrogen (secondary N) is 1. The largest absolute Gasteiger partial charge is 0.345 e. The molecule has 0 aromatic rings. The maximum absolute atomic E-state index is 12.4. The van der Waals surface area contributed by atoms with Gasteiger partial charge in [-0.3, -0.25) is 4.79 Å². The van der Waals surface area contributed by atoms with Crippen LogP contribution in [0.5, 0.6) is 0 Å². The number of hydrogen-bond donors (Lipinski definition) is 1. The third-order valence-electron chi connectivity index (χ3n) is 5.19. The quantitative estimate of drug-likeness (QED) is 0.726. The standard InChI is InChI=1S/C15H21NO/c1-3-4-16-13(17)15-8-11-5-12(9-15)7-14(2,6-11)10-15/h1,11-12H,4-10H2,2H3,(H,16,17). The number of amides is 1. The number of hydrogen-bond acceptors (Lipinski definition) is 1. The van der Waals surface area contributed by atoms with Gasteiger partial charge in [-0.25, -0.2) is 0 Å². The van der Waals surface area contributed by atoms with Crippen LogP contribution >= 0.6 is 0 Å². The van der Waals surface area contributed by atoms with Crippen LogP contribution in [0, 0.1) is 35.0 Å². The third-order valence-corrected chi connectivity index (χ3v) is 5.19. The summed E-state index contributed by atoms with van der Waals surface area (Å²) in [5.41, 5.74) is 0.354. The van der Waals surface area contributed by atoms with Crippen molar-refractivity contribution in [1.82, 2.24) is 5.32 Å². The van der Waals surface area contributed by atoms with E-state index in [1.807, 2.05) is 0 Å². The molecule has 2 nitrogen and oxygen atoms in total. The highest BCUT2D eigenvalue weighted by atomic mass is 16.2. The van der Waals surface area contributed by atoms with Crippen molar-refractivity contribution in [3.63, 3.8) is 0 Å². The first-order chi connectivity index (χ1) is 8.05. The molecular weight excluding hydrogens is 210 g/mol. The smallest absolute Gasteiger partial charge is 0.227 e. The molecule has 4 rings (SSSR count). The monoisotopic (exact) mass is 231 g/mol. The van der Waals surface area contributed by atoms with Crippen LogP contribution in [0.15, 0.2) is 0 Å². The first kappa shape index (κ1) is 11.1. The van der Waals surface area contributed by atoms with E-state index < -0.39 is 0 Å². The molecule has 2 unspecified atom stereocenters. The molecule has 0 aromatic carbocycles. The van der Waals surface area contributed by atoms with Gasteiger partial charge in [0.05, 0.1) is 12.0 Å². The van der Waals surface area contributed by atoms with Crippen LogP contribution in [0.4, 0.5) is 0 Å². The molecular formula is C15H21NO. The predicted octanol–water partition coefficient (Wildman–Crippen LogP) is 2.34. The molecule has 2 atom stereocenters. The van der Waals surface area contributed by atoms with Crippen molar-refractivity contribution in [2.45, 2.75) is 45.4 Å². The molecule has 4 bridgehead atoms. The SMILES string of the molecule is C#CCNC(=O)C12CC3CC(CC(C)(C3)C1)C2. The van der Waals surface area contributed by atoms with Crippen LogP contribution in [0.2, 0.25) is 0 Å². The molecule has 2 heteroatoms. The van der Waals surface area contributed by atoms with E-state index in [0.29, 0.717) is 12.0 Å². The molecule has 4 aliphatic rings. The van der Waals surface area contributed by atoms with Gasteiger partial charge in [0.1, 0.15) is 0 Å². The summed E-state index contributed by atoms with van der Waals surface area (Å²) in [6.07, 6.45) is 12.6. The number of carbonyl (C=O) groups excluding carboxylic acids is 1. The topological polar surface area (TPSA) is 29.1 Å². The average molecular weight is 231 g/mol. The van der Waals surface area contributed by atoms with E-state index in [1.165, 1.54) is 19.3 Å². The van der Waals surface area contributed by atoms with Crippen molar-refractivity contribution in [2.75, 3.05) is 6.54 Å². The summed E-state index contributed by atoms with van der Waals surface area (Å²) in [6, 6.07) is 0. The van der Waals surface area contributed by atoms with Gasteiger partial charge < -0.3 is 5.32 Å². The van der Waals surface area contributed by atoms with E-state index in [9.17, 15) is 4.79 Å². The van der Waals surface area contributed by atoms with Gasteiger partial charge >= 0.3 is 0 Å². The van der Waals surface area contributed by atoms with E-state index in [4.69, 9.17) is 6.42 Å². The van der Waals surface area contributed by atoms with E-state index in [2.05, 4.69) is 18.2 Å². The lowest BCUT2D eigenvalue weighted by atomic mass is 9.44. The average Bonchev–Trinajstić information content (AvgIpc) is 2.22. The number of rotatable bonds is 2. The fourth-order valence-electron chi connectivity index (χ4n) is 5.30. The molecule has 4 fully saturated rings. The molecule has 1 N–H and O–H groups in total. The van der Waals surface area contributed by atoms with E-state index in [-0.39, 0.29) is 11.3 Å². The molecule has 17 heavy (non-hydrogen) atoms. The van der Waals surface area contributed by atoms with Crippen molar-refractivity contribution in [1.29, 1.82) is 0 Å². The first-order valence-electron chi connectivity index (χ1n) is 6.77. The van der Waals surface area contributed by atoms with Crippen LogP contribution in [-0.2, 0) is 4.79 Å². The van der Waals surface area contributed by atoms with E-state index in [0.717, 1.165) is 31.1 Å². The van der Waals surface area contributed by atoms with Crippen LogP contribution < -0.4 is 5.32 Å². The fourth-order valence-corrected chi connectivity index (χ4v) is 5.30. The zero-order valence-corrected chi connectivity index (χ0v) is 10.6. The number of terminal acetylenes is 1. The van der Waals surface area contributed by atoms with Crippen molar-refractivity contribution in [3.8, 4) is 12.3 Å². The van der Waals surface area contributed by atoms with Crippen molar-refractivity contribution in [3.05, 3.63) is 0 Å². The van der Waals surface area contributed by atoms with Crippen LogP contribution in [0.25, 0.3) is 0 Å². The van der Waals surface area contributed by atoms with Crippen molar-refractivity contribution in [2.24, 2.45) is 22.7 Å². The summed E-state index contributed by atoms with van der Waals surface area (Å²) in [4.78, 5) is 12.4. The summed E-state index contributed by atoms with van der Waals surface area (Å²) in [5, 5.41) is 2.93. The Kier molecular flexibility index (Phi) is 2.30. The summed E-state index contributed by atoms with van der Waals surface area (Å²) in [5.74, 6) is 4.32. The second kappa shape index (κ2) is 3.51. The van der Waals surface area contributed by atoms with Crippen LogP contribution in [0.1, 0.15) is 45.4 Å². The summed E-state index contributed by atoms with van der Waals surface area (Å²) in [6.45, 7) is 2.76. The Hall–Kier alpha value is -0.970. The molecule has 0 aromatic heterocycles. The van der Waals surface area contributed by atoms with Gasteiger partial charge in [0, 0.05) is 0 Å². The molecule has 1 amide bonds. The molecule has 92 valence electrons. The third kappa shape index (κ3) is 1.68. The maximum atomic E-state index is 12.4. The van der Waals surface area contributed by atoms with E-state index >= 15 is 0 Å². The Morgan fingerprint density at radius 3 is 2.53 bits per heavy atom. The van der Waals surface area contributed by atoms with Crippen molar-refractivity contribution >= 4 is 5.91 Å². The summed E-state index contributed by atoms with van der Waals surface area (Å²) < 4.78 is 0. The zero-order chi connectivity index (χ0) is 12.1. The molecule has 4 saturated carbocycles. The Morgan fingerprint density at radius 1 is 1.35 bits per heavy atom. The molecule has 4 aliphatic carbocycles. The van der Waals surface area contributed by atoms with E-state index in [1.54, 1.807) is 0 Å². The summed E-state index contributed by atoms with van der Waals surface area (Å²) >= 11 is 0. The second-order valence-electron chi connectivity index (χ2n) is 6.94. The molecule has 0 aliphatic heterocycles. The maximum Gasteiger partial charge on any atom is 0.227 e. The lowest BCUT2D eigenvalue weighted by Crippen LogP contribution is -2.56. The molecule has 0 radical (unpaired) electrons. The van der Waals surface area contributed by atoms with Gasteiger partial charge in [-0.05, 0) is 55.8 Å². The molecule has 0 heterocycles. The Labute approximate surface area is 104 Å². The highest BCUT2D eigenvalue weighted by Crippen LogP contribution is 2.65. The van der Waals surface area contributed by atoms with Crippen LogP contribution in [0.3, 0.4) is 0 Å². The highest BCUT2D eigenvalue weighted by Gasteiger charge is 2.58. The van der Waals surface area contributed by atoms with Gasteiger partial charge in [-0.1, -0.05) is 12.8 Å². The lowest BCUT2D eigenvalue weighted by molar-refractivity contribution is -0.155. The second-order valence-corrected chi connectivity index (χ2v) is 6.94. The minimum atomic E-state index is -0.0737. The van der Waals surface area contributed by atoms with Gasteiger partial charge in [0.15, 0.2) is 0 Å². The predicted molar refractivity (Wildman–Crippen MR) is 67.1 cm³/mol. The molecule has 0 saturated heterocycles. The Morgan fingerprint density at radius 2 is 2.00 bits per heavy atom. The normalized spacial score (nSPS) is 46.6. The van der Waals surface area contributed by atoms with Gasteiger partial charge in [-0.2, -0.15) is 0 Å². The van der Waals surface area contributed by atoms with Gasteiger partial charge in [-0.15, -0.1) is 6.42 Å². The number of carbonyl (C=O) groups is 1. The highest BCUT2D eigenvalue weighted by molar-refractivity contribution is 5.83. The first-order valence-corrected chi connectivity index (χ1v) is 6.77.